The minimum atomic E-state index is 0.133. The SMILES string of the molecule is Cc1cccc(-c2n[nH]c(=S)n2CCC(=O)N2CCN(c3nc4cccnc4s3)CC2)c1. The number of piperazine rings is 1. The highest BCUT2D eigenvalue weighted by Crippen LogP contribution is 2.27. The maximum absolute atomic E-state index is 12.9. The highest BCUT2D eigenvalue weighted by Gasteiger charge is 2.23. The number of aromatic amines is 1. The van der Waals surface area contributed by atoms with Crippen LogP contribution < -0.4 is 4.90 Å². The lowest BCUT2D eigenvalue weighted by atomic mass is 10.1. The van der Waals surface area contributed by atoms with Crippen LogP contribution in [0.3, 0.4) is 0 Å². The van der Waals surface area contributed by atoms with Gasteiger partial charge in [0.25, 0.3) is 0 Å². The number of anilines is 1. The molecule has 0 bridgehead atoms. The van der Waals surface area contributed by atoms with Crippen LogP contribution in [-0.2, 0) is 11.3 Å². The molecule has 0 atom stereocenters. The standard InChI is InChI=1S/C22H23N7OS2/c1-15-4-2-5-16(14-15)19-25-26-21(31)29(19)9-7-18(30)27-10-12-28(13-11-27)22-24-17-6-3-8-23-20(17)32-22/h2-6,8,14H,7,9-13H2,1H3,(H,26,31). The molecular formula is C22H23N7OS2. The number of hydrogen-bond donors (Lipinski definition) is 1. The van der Waals surface area contributed by atoms with E-state index >= 15 is 0 Å². The Hall–Kier alpha value is -3.11. The van der Waals surface area contributed by atoms with Gasteiger partial charge in [0.2, 0.25) is 5.91 Å². The topological polar surface area (TPSA) is 82.9 Å². The Morgan fingerprint density at radius 2 is 2.03 bits per heavy atom. The average molecular weight is 466 g/mol. The van der Waals surface area contributed by atoms with E-state index in [1.807, 2.05) is 46.7 Å². The van der Waals surface area contributed by atoms with Crippen LogP contribution in [0.15, 0.2) is 42.6 Å². The number of nitrogens with zero attached hydrogens (tertiary/aromatic N) is 6. The van der Waals surface area contributed by atoms with Gasteiger partial charge in [-0.1, -0.05) is 35.1 Å². The Balaban J connectivity index is 1.21. The molecule has 3 aromatic heterocycles. The number of pyridine rings is 1. The summed E-state index contributed by atoms with van der Waals surface area (Å²) in [6.07, 6.45) is 2.18. The molecule has 1 fully saturated rings. The molecule has 0 spiro atoms. The van der Waals surface area contributed by atoms with Crippen LogP contribution in [0, 0.1) is 11.7 Å². The minimum absolute atomic E-state index is 0.133. The van der Waals surface area contributed by atoms with Gasteiger partial charge in [0.05, 0.1) is 0 Å². The summed E-state index contributed by atoms with van der Waals surface area (Å²) < 4.78 is 2.44. The van der Waals surface area contributed by atoms with Crippen molar-refractivity contribution in [2.75, 3.05) is 31.1 Å². The number of thiazole rings is 1. The zero-order chi connectivity index (χ0) is 22.1. The Labute approximate surface area is 194 Å². The van der Waals surface area contributed by atoms with E-state index in [2.05, 4.69) is 31.1 Å². The fraction of sp³-hybridized carbons (Fsp3) is 0.318. The van der Waals surface area contributed by atoms with Gasteiger partial charge in [-0.3, -0.25) is 14.5 Å². The van der Waals surface area contributed by atoms with E-state index in [-0.39, 0.29) is 5.91 Å². The molecule has 0 aliphatic carbocycles. The lowest BCUT2D eigenvalue weighted by molar-refractivity contribution is -0.131. The number of H-pyrrole nitrogens is 1. The van der Waals surface area contributed by atoms with Gasteiger partial charge in [-0.2, -0.15) is 5.10 Å². The summed E-state index contributed by atoms with van der Waals surface area (Å²) in [5, 5.41) is 8.22. The molecule has 164 valence electrons. The molecule has 0 saturated carbocycles. The summed E-state index contributed by atoms with van der Waals surface area (Å²) in [5.41, 5.74) is 3.07. The van der Waals surface area contributed by atoms with Gasteiger partial charge < -0.3 is 9.80 Å². The van der Waals surface area contributed by atoms with Crippen LogP contribution in [0.25, 0.3) is 21.7 Å². The number of carbonyl (C=O) groups excluding carboxylic acids is 1. The Morgan fingerprint density at radius 3 is 2.81 bits per heavy atom. The summed E-state index contributed by atoms with van der Waals surface area (Å²) in [7, 11) is 0. The molecule has 8 nitrogen and oxygen atoms in total. The molecule has 1 aliphatic heterocycles. The highest BCUT2D eigenvalue weighted by molar-refractivity contribution is 7.71. The molecular weight excluding hydrogens is 442 g/mol. The van der Waals surface area contributed by atoms with E-state index in [9.17, 15) is 4.79 Å². The number of fused-ring (bicyclic) bond motifs is 1. The molecule has 5 rings (SSSR count). The first-order valence-electron chi connectivity index (χ1n) is 10.5. The maximum atomic E-state index is 12.9. The first kappa shape index (κ1) is 20.8. The molecule has 4 heterocycles. The number of amides is 1. The van der Waals surface area contributed by atoms with Crippen molar-refractivity contribution in [2.45, 2.75) is 19.9 Å². The Kier molecular flexibility index (Phi) is 5.71. The van der Waals surface area contributed by atoms with Gasteiger partial charge >= 0.3 is 0 Å². The van der Waals surface area contributed by atoms with Gasteiger partial charge in [0, 0.05) is 50.9 Å². The third-order valence-corrected chi connectivity index (χ3v) is 6.99. The average Bonchev–Trinajstić information content (AvgIpc) is 3.41. The van der Waals surface area contributed by atoms with Crippen LogP contribution in [0.4, 0.5) is 5.13 Å². The fourth-order valence-corrected chi connectivity index (χ4v) is 5.12. The van der Waals surface area contributed by atoms with Crippen molar-refractivity contribution in [3.05, 3.63) is 52.9 Å². The summed E-state index contributed by atoms with van der Waals surface area (Å²) >= 11 is 7.01. The number of aromatic nitrogens is 5. The second-order valence-electron chi connectivity index (χ2n) is 7.82. The van der Waals surface area contributed by atoms with E-state index in [0.717, 1.165) is 45.5 Å². The Morgan fingerprint density at radius 1 is 1.19 bits per heavy atom. The van der Waals surface area contributed by atoms with Gasteiger partial charge in [0.15, 0.2) is 15.7 Å². The molecule has 10 heteroatoms. The molecule has 1 N–H and O–H groups in total. The molecule has 1 amide bonds. The second kappa shape index (κ2) is 8.79. The largest absolute Gasteiger partial charge is 0.344 e. The van der Waals surface area contributed by atoms with Crippen LogP contribution in [0.1, 0.15) is 12.0 Å². The van der Waals surface area contributed by atoms with Crippen molar-refractivity contribution in [3.63, 3.8) is 0 Å². The zero-order valence-electron chi connectivity index (χ0n) is 17.7. The van der Waals surface area contributed by atoms with Crippen molar-refractivity contribution in [1.29, 1.82) is 0 Å². The quantitative estimate of drug-likeness (QED) is 0.453. The third kappa shape index (κ3) is 4.15. The molecule has 1 aliphatic rings. The van der Waals surface area contributed by atoms with Crippen molar-refractivity contribution in [2.24, 2.45) is 0 Å². The van der Waals surface area contributed by atoms with Gasteiger partial charge in [0.1, 0.15) is 10.3 Å². The summed E-state index contributed by atoms with van der Waals surface area (Å²) in [6.45, 7) is 5.45. The number of carbonyl (C=O) groups is 1. The zero-order valence-corrected chi connectivity index (χ0v) is 19.3. The van der Waals surface area contributed by atoms with E-state index in [1.165, 1.54) is 0 Å². The van der Waals surface area contributed by atoms with Gasteiger partial charge in [-0.25, -0.2) is 9.97 Å². The van der Waals surface area contributed by atoms with Crippen molar-refractivity contribution in [1.82, 2.24) is 29.6 Å². The lowest BCUT2D eigenvalue weighted by Gasteiger charge is -2.34. The first-order valence-corrected chi connectivity index (χ1v) is 11.8. The Bertz CT molecular complexity index is 1280. The van der Waals surface area contributed by atoms with Crippen molar-refractivity contribution < 1.29 is 4.79 Å². The highest BCUT2D eigenvalue weighted by atomic mass is 32.1. The van der Waals surface area contributed by atoms with Crippen molar-refractivity contribution in [3.8, 4) is 11.4 Å². The van der Waals surface area contributed by atoms with Crippen LogP contribution in [0.2, 0.25) is 0 Å². The minimum Gasteiger partial charge on any atom is -0.344 e. The number of hydrogen-bond acceptors (Lipinski definition) is 7. The van der Waals surface area contributed by atoms with E-state index in [4.69, 9.17) is 12.2 Å². The van der Waals surface area contributed by atoms with E-state index in [1.54, 1.807) is 17.5 Å². The molecule has 1 aromatic carbocycles. The lowest BCUT2D eigenvalue weighted by Crippen LogP contribution is -2.48. The predicted molar refractivity (Wildman–Crippen MR) is 128 cm³/mol. The number of aryl methyl sites for hydroxylation is 1. The monoisotopic (exact) mass is 465 g/mol. The molecule has 32 heavy (non-hydrogen) atoms. The predicted octanol–water partition coefficient (Wildman–Crippen LogP) is 3.66. The number of benzene rings is 1. The maximum Gasteiger partial charge on any atom is 0.224 e. The van der Waals surface area contributed by atoms with Crippen LogP contribution >= 0.6 is 23.6 Å². The summed E-state index contributed by atoms with van der Waals surface area (Å²) in [6, 6.07) is 12.0. The first-order chi connectivity index (χ1) is 15.6. The molecule has 0 radical (unpaired) electrons. The van der Waals surface area contributed by atoms with Crippen LogP contribution in [-0.4, -0.2) is 61.7 Å². The molecule has 0 unspecified atom stereocenters. The van der Waals surface area contributed by atoms with Gasteiger partial charge in [-0.05, 0) is 37.3 Å². The van der Waals surface area contributed by atoms with E-state index in [0.29, 0.717) is 30.8 Å². The summed E-state index contributed by atoms with van der Waals surface area (Å²) in [4.78, 5) is 27.1. The van der Waals surface area contributed by atoms with E-state index < -0.39 is 0 Å². The second-order valence-corrected chi connectivity index (χ2v) is 9.16. The fourth-order valence-electron chi connectivity index (χ4n) is 3.94. The van der Waals surface area contributed by atoms with Crippen molar-refractivity contribution >= 4 is 44.9 Å². The molecule has 4 aromatic rings. The normalized spacial score (nSPS) is 14.3. The summed E-state index contributed by atoms with van der Waals surface area (Å²) in [5.74, 6) is 0.898. The van der Waals surface area contributed by atoms with Crippen LogP contribution in [0.5, 0.6) is 0 Å². The smallest absolute Gasteiger partial charge is 0.224 e. The molecule has 1 saturated heterocycles. The van der Waals surface area contributed by atoms with Gasteiger partial charge in [-0.15, -0.1) is 0 Å². The third-order valence-electron chi connectivity index (χ3n) is 5.64. The number of rotatable bonds is 5. The number of nitrogens with one attached hydrogen (secondary N) is 1.